The number of carboxylic acid groups (broad SMARTS) is 1. The van der Waals surface area contributed by atoms with Crippen LogP contribution >= 0.6 is 58.3 Å². The van der Waals surface area contributed by atoms with Crippen LogP contribution in [0, 0.1) is 0 Å². The van der Waals surface area contributed by atoms with Gasteiger partial charge in [-0.1, -0.05) is 34.8 Å². The number of hydrogen-bond acceptors (Lipinski definition) is 9. The van der Waals surface area contributed by atoms with Crippen molar-refractivity contribution in [3.63, 3.8) is 0 Å². The summed E-state index contributed by atoms with van der Waals surface area (Å²) in [5.41, 5.74) is 0.613. The Labute approximate surface area is 256 Å². The van der Waals surface area contributed by atoms with Crippen molar-refractivity contribution in [3.8, 4) is 0 Å². The molecule has 0 aliphatic rings. The fourth-order valence-electron chi connectivity index (χ4n) is 2.69. The van der Waals surface area contributed by atoms with E-state index in [-0.39, 0.29) is 26.1 Å². The van der Waals surface area contributed by atoms with Gasteiger partial charge in [0.05, 0.1) is 50.9 Å². The number of carbonyl (C=O) groups excluding carboxylic acids is 2. The van der Waals surface area contributed by atoms with Gasteiger partial charge in [0.2, 0.25) is 0 Å². The molecular formula is C26H25Cl3O8S3. The van der Waals surface area contributed by atoms with Gasteiger partial charge < -0.3 is 14.6 Å². The molecule has 0 atom stereocenters. The molecule has 0 saturated heterocycles. The average Bonchev–Trinajstić information content (AvgIpc) is 2.93. The standard InChI is InChI=1S/C9H9ClO4S.C9H9ClO2S.C8H7ClO2S/c1-14-9(11)7-5-6(15(2,12)13)3-4-8(7)10;1-12-9(11)7-5-6(13-2)3-4-8(7)10;1-12-5-2-3-7(9)6(4-5)8(10)11/h3-5H,1-2H3;3-5H,1-2H3;2-4H,1H3,(H,10,11). The molecule has 0 radical (unpaired) electrons. The van der Waals surface area contributed by atoms with Crippen molar-refractivity contribution in [2.45, 2.75) is 14.7 Å². The van der Waals surface area contributed by atoms with Gasteiger partial charge in [0.25, 0.3) is 0 Å². The zero-order chi connectivity index (χ0) is 30.6. The van der Waals surface area contributed by atoms with Crippen LogP contribution < -0.4 is 0 Å². The summed E-state index contributed by atoms with van der Waals surface area (Å²) in [6, 6.07) is 14.1. The van der Waals surface area contributed by atoms with Gasteiger partial charge in [-0.3, -0.25) is 0 Å². The molecule has 0 unspecified atom stereocenters. The molecule has 8 nitrogen and oxygen atoms in total. The zero-order valence-electron chi connectivity index (χ0n) is 21.9. The minimum absolute atomic E-state index is 0.0345. The third kappa shape index (κ3) is 10.9. The van der Waals surface area contributed by atoms with E-state index >= 15 is 0 Å². The molecular weight excluding hydrogens is 643 g/mol. The lowest BCUT2D eigenvalue weighted by molar-refractivity contribution is 0.0591. The molecule has 0 bridgehead atoms. The SMILES string of the molecule is COC(=O)c1cc(S(C)(=O)=O)ccc1Cl.COC(=O)c1cc(SC)ccc1Cl.CSc1ccc(Cl)c(C(=O)O)c1. The Bertz CT molecular complexity index is 1480. The second-order valence-corrected chi connectivity index (χ2v) is 12.4. The van der Waals surface area contributed by atoms with Gasteiger partial charge in [-0.15, -0.1) is 23.5 Å². The normalized spacial score (nSPS) is 10.3. The number of esters is 2. The van der Waals surface area contributed by atoms with E-state index in [9.17, 15) is 22.8 Å². The Morgan fingerprint density at radius 3 is 1.45 bits per heavy atom. The molecule has 3 aromatic carbocycles. The molecule has 0 aliphatic carbocycles. The van der Waals surface area contributed by atoms with Crippen LogP contribution in [0.3, 0.4) is 0 Å². The van der Waals surface area contributed by atoms with Gasteiger partial charge in [0.15, 0.2) is 9.84 Å². The lowest BCUT2D eigenvalue weighted by Crippen LogP contribution is -2.05. The number of carboxylic acids is 1. The smallest absolute Gasteiger partial charge is 0.339 e. The fraction of sp³-hybridized carbons (Fsp3) is 0.192. The highest BCUT2D eigenvalue weighted by Gasteiger charge is 2.15. The first-order chi connectivity index (χ1) is 18.7. The number of methoxy groups -OCH3 is 2. The molecule has 14 heteroatoms. The summed E-state index contributed by atoms with van der Waals surface area (Å²) >= 11 is 20.2. The molecule has 0 fully saturated rings. The van der Waals surface area contributed by atoms with Crippen LogP contribution in [0.5, 0.6) is 0 Å². The highest BCUT2D eigenvalue weighted by atomic mass is 35.5. The van der Waals surface area contributed by atoms with Crippen molar-refractivity contribution in [1.82, 2.24) is 0 Å². The van der Waals surface area contributed by atoms with Crippen LogP contribution in [0.25, 0.3) is 0 Å². The summed E-state index contributed by atoms with van der Waals surface area (Å²) in [6.07, 6.45) is 4.87. The topological polar surface area (TPSA) is 124 Å². The number of thioether (sulfide) groups is 2. The molecule has 216 valence electrons. The molecule has 0 saturated carbocycles. The van der Waals surface area contributed by atoms with E-state index in [2.05, 4.69) is 9.47 Å². The Kier molecular flexibility index (Phi) is 14.9. The quantitative estimate of drug-likeness (QED) is 0.214. The van der Waals surface area contributed by atoms with E-state index in [1.807, 2.05) is 18.6 Å². The van der Waals surface area contributed by atoms with Crippen LogP contribution in [0.15, 0.2) is 69.3 Å². The second-order valence-electron chi connectivity index (χ2n) is 7.39. The highest BCUT2D eigenvalue weighted by molar-refractivity contribution is 7.98. The first-order valence-corrected chi connectivity index (χ1v) is 16.2. The lowest BCUT2D eigenvalue weighted by atomic mass is 10.2. The zero-order valence-corrected chi connectivity index (χ0v) is 26.6. The first kappa shape index (κ1) is 35.6. The number of rotatable bonds is 6. The maximum Gasteiger partial charge on any atom is 0.339 e. The van der Waals surface area contributed by atoms with E-state index in [1.165, 1.54) is 44.2 Å². The van der Waals surface area contributed by atoms with Crippen LogP contribution in [0.1, 0.15) is 31.1 Å². The summed E-state index contributed by atoms with van der Waals surface area (Å²) in [4.78, 5) is 34.9. The van der Waals surface area contributed by atoms with Gasteiger partial charge in [-0.25, -0.2) is 22.8 Å². The van der Waals surface area contributed by atoms with E-state index in [1.54, 1.807) is 42.1 Å². The third-order valence-electron chi connectivity index (χ3n) is 4.75. The highest BCUT2D eigenvalue weighted by Crippen LogP contribution is 2.24. The number of ether oxygens (including phenoxy) is 2. The predicted molar refractivity (Wildman–Crippen MR) is 161 cm³/mol. The number of aromatic carboxylic acids is 1. The second kappa shape index (κ2) is 16.8. The molecule has 0 heterocycles. The number of hydrogen-bond donors (Lipinski definition) is 1. The Morgan fingerprint density at radius 2 is 1.07 bits per heavy atom. The van der Waals surface area contributed by atoms with E-state index in [4.69, 9.17) is 39.9 Å². The van der Waals surface area contributed by atoms with Crippen molar-refractivity contribution >= 4 is 86.1 Å². The molecule has 3 rings (SSSR count). The van der Waals surface area contributed by atoms with E-state index < -0.39 is 27.7 Å². The predicted octanol–water partition coefficient (Wildman–Crippen LogP) is 7.14. The summed E-state index contributed by atoms with van der Waals surface area (Å²) in [6.45, 7) is 0. The Balaban J connectivity index is 0.000000302. The fourth-order valence-corrected chi connectivity index (χ4v) is 4.81. The minimum Gasteiger partial charge on any atom is -0.478 e. The van der Waals surface area contributed by atoms with Crippen LogP contribution in [0.4, 0.5) is 0 Å². The van der Waals surface area contributed by atoms with Crippen molar-refractivity contribution in [2.24, 2.45) is 0 Å². The summed E-state index contributed by atoms with van der Waals surface area (Å²) in [5, 5.41) is 9.55. The maximum atomic E-state index is 11.2. The van der Waals surface area contributed by atoms with E-state index in [0.29, 0.717) is 10.6 Å². The lowest BCUT2D eigenvalue weighted by Gasteiger charge is -2.04. The molecule has 0 spiro atoms. The van der Waals surface area contributed by atoms with Crippen LogP contribution in [0.2, 0.25) is 15.1 Å². The number of benzene rings is 3. The molecule has 0 aromatic heterocycles. The van der Waals surface area contributed by atoms with Crippen molar-refractivity contribution in [1.29, 1.82) is 0 Å². The molecule has 1 N–H and O–H groups in total. The van der Waals surface area contributed by atoms with Crippen LogP contribution in [-0.4, -0.2) is 64.4 Å². The molecule has 40 heavy (non-hydrogen) atoms. The first-order valence-electron chi connectivity index (χ1n) is 10.8. The van der Waals surface area contributed by atoms with Gasteiger partial charge in [0, 0.05) is 16.0 Å². The Morgan fingerprint density at radius 1 is 0.700 bits per heavy atom. The molecule has 0 amide bonds. The summed E-state index contributed by atoms with van der Waals surface area (Å²) in [5.74, 6) is -2.05. The number of halogens is 3. The number of sulfone groups is 1. The van der Waals surface area contributed by atoms with Gasteiger partial charge in [-0.05, 0) is 67.1 Å². The van der Waals surface area contributed by atoms with Crippen molar-refractivity contribution in [3.05, 3.63) is 86.4 Å². The van der Waals surface area contributed by atoms with Gasteiger partial charge >= 0.3 is 17.9 Å². The molecule has 0 aliphatic heterocycles. The molecule has 3 aromatic rings. The van der Waals surface area contributed by atoms with Crippen molar-refractivity contribution in [2.75, 3.05) is 33.0 Å². The van der Waals surface area contributed by atoms with Gasteiger partial charge in [-0.2, -0.15) is 0 Å². The average molecular weight is 668 g/mol. The third-order valence-corrected chi connectivity index (χ3v) is 8.30. The van der Waals surface area contributed by atoms with Crippen LogP contribution in [-0.2, 0) is 19.3 Å². The monoisotopic (exact) mass is 666 g/mol. The minimum atomic E-state index is -3.35. The maximum absolute atomic E-state index is 11.2. The van der Waals surface area contributed by atoms with Gasteiger partial charge in [0.1, 0.15) is 0 Å². The number of carbonyl (C=O) groups is 3. The summed E-state index contributed by atoms with van der Waals surface area (Å²) < 4.78 is 31.5. The largest absolute Gasteiger partial charge is 0.478 e. The van der Waals surface area contributed by atoms with Crippen molar-refractivity contribution < 1.29 is 37.4 Å². The summed E-state index contributed by atoms with van der Waals surface area (Å²) in [7, 11) is -0.812. The Hall–Kier alpha value is -2.41. The van der Waals surface area contributed by atoms with E-state index in [0.717, 1.165) is 16.0 Å².